The molecule has 4 nitrogen and oxygen atoms in total. The molecule has 0 bridgehead atoms. The first-order valence-electron chi connectivity index (χ1n) is 5.65. The average molecular weight is 243 g/mol. The van der Waals surface area contributed by atoms with E-state index in [9.17, 15) is 4.79 Å². The molecular formula is C14H13NO3. The summed E-state index contributed by atoms with van der Waals surface area (Å²) >= 11 is 0. The van der Waals surface area contributed by atoms with Crippen LogP contribution in [0.4, 0.5) is 0 Å². The molecule has 0 aliphatic rings. The lowest BCUT2D eigenvalue weighted by Gasteiger charge is -1.94. The van der Waals surface area contributed by atoms with Crippen LogP contribution >= 0.6 is 0 Å². The lowest BCUT2D eigenvalue weighted by molar-refractivity contribution is -0.137. The molecule has 4 heteroatoms. The Morgan fingerprint density at radius 1 is 1.39 bits per heavy atom. The summed E-state index contributed by atoms with van der Waals surface area (Å²) in [4.78, 5) is 15.3. The fourth-order valence-corrected chi connectivity index (χ4v) is 1.43. The quantitative estimate of drug-likeness (QED) is 0.612. The van der Waals surface area contributed by atoms with E-state index < -0.39 is 0 Å². The molecule has 0 aliphatic heterocycles. The van der Waals surface area contributed by atoms with E-state index in [-0.39, 0.29) is 5.97 Å². The van der Waals surface area contributed by atoms with Crippen LogP contribution in [0.5, 0.6) is 0 Å². The van der Waals surface area contributed by atoms with Crippen LogP contribution < -0.4 is 0 Å². The summed E-state index contributed by atoms with van der Waals surface area (Å²) in [6, 6.07) is 9.18. The first-order chi connectivity index (χ1) is 8.79. The fraction of sp³-hybridized carbons (Fsp3) is 0.143. The van der Waals surface area contributed by atoms with Crippen molar-refractivity contribution in [3.8, 4) is 11.5 Å². The van der Waals surface area contributed by atoms with Crippen LogP contribution in [-0.4, -0.2) is 17.6 Å². The highest BCUT2D eigenvalue weighted by molar-refractivity contribution is 5.86. The molecular weight excluding hydrogens is 230 g/mol. The van der Waals surface area contributed by atoms with Crippen molar-refractivity contribution in [1.29, 1.82) is 0 Å². The van der Waals surface area contributed by atoms with Crippen molar-refractivity contribution in [3.63, 3.8) is 0 Å². The lowest BCUT2D eigenvalue weighted by Crippen LogP contribution is -1.98. The zero-order valence-electron chi connectivity index (χ0n) is 10.00. The van der Waals surface area contributed by atoms with Crippen LogP contribution in [0.1, 0.15) is 12.7 Å². The number of hydrogen-bond acceptors (Lipinski definition) is 4. The standard InChI is InChI=1S/C14H13NO3/c1-2-17-14(16)9-7-11-6-8-13(18-11)12-5-3-4-10-15-12/h3-10H,2H2,1H3/b9-7+. The van der Waals surface area contributed by atoms with E-state index >= 15 is 0 Å². The van der Waals surface area contributed by atoms with E-state index in [1.807, 2.05) is 24.3 Å². The number of aromatic nitrogens is 1. The van der Waals surface area contributed by atoms with E-state index in [1.54, 1.807) is 25.3 Å². The Morgan fingerprint density at radius 2 is 2.28 bits per heavy atom. The maximum absolute atomic E-state index is 11.1. The van der Waals surface area contributed by atoms with Gasteiger partial charge in [-0.3, -0.25) is 4.98 Å². The summed E-state index contributed by atoms with van der Waals surface area (Å²) in [5.41, 5.74) is 0.758. The smallest absolute Gasteiger partial charge is 0.330 e. The van der Waals surface area contributed by atoms with Crippen LogP contribution in [-0.2, 0) is 9.53 Å². The topological polar surface area (TPSA) is 52.3 Å². The second-order valence-electron chi connectivity index (χ2n) is 3.50. The van der Waals surface area contributed by atoms with Gasteiger partial charge in [0.15, 0.2) is 5.76 Å². The van der Waals surface area contributed by atoms with Gasteiger partial charge in [-0.25, -0.2) is 4.79 Å². The summed E-state index contributed by atoms with van der Waals surface area (Å²) in [5.74, 6) is 0.871. The minimum atomic E-state index is -0.381. The van der Waals surface area contributed by atoms with E-state index in [1.165, 1.54) is 6.08 Å². The Bertz CT molecular complexity index is 543. The van der Waals surface area contributed by atoms with Crippen LogP contribution in [0, 0.1) is 0 Å². The monoisotopic (exact) mass is 243 g/mol. The van der Waals surface area contributed by atoms with E-state index in [2.05, 4.69) is 4.98 Å². The molecule has 2 aromatic rings. The third kappa shape index (κ3) is 3.07. The number of nitrogens with zero attached hydrogens (tertiary/aromatic N) is 1. The first-order valence-corrected chi connectivity index (χ1v) is 5.65. The molecule has 18 heavy (non-hydrogen) atoms. The minimum Gasteiger partial charge on any atom is -0.463 e. The van der Waals surface area contributed by atoms with E-state index in [4.69, 9.17) is 9.15 Å². The number of hydrogen-bond donors (Lipinski definition) is 0. The van der Waals surface area contributed by atoms with Gasteiger partial charge >= 0.3 is 5.97 Å². The SMILES string of the molecule is CCOC(=O)/C=C/c1ccc(-c2ccccn2)o1. The van der Waals surface area contributed by atoms with Gasteiger partial charge < -0.3 is 9.15 Å². The molecule has 0 radical (unpaired) electrons. The highest BCUT2D eigenvalue weighted by Gasteiger charge is 2.03. The normalized spacial score (nSPS) is 10.7. The third-order valence-corrected chi connectivity index (χ3v) is 2.21. The van der Waals surface area contributed by atoms with Gasteiger partial charge in [0, 0.05) is 12.3 Å². The maximum Gasteiger partial charge on any atom is 0.330 e. The largest absolute Gasteiger partial charge is 0.463 e. The Hall–Kier alpha value is -2.36. The predicted molar refractivity (Wildman–Crippen MR) is 67.6 cm³/mol. The Balaban J connectivity index is 2.09. The molecule has 2 heterocycles. The minimum absolute atomic E-state index is 0.362. The van der Waals surface area contributed by atoms with Crippen molar-refractivity contribution < 1.29 is 13.9 Å². The number of carbonyl (C=O) groups is 1. The molecule has 0 spiro atoms. The number of pyridine rings is 1. The van der Waals surface area contributed by atoms with Crippen molar-refractivity contribution in [2.45, 2.75) is 6.92 Å². The number of ether oxygens (including phenoxy) is 1. The highest BCUT2D eigenvalue weighted by Crippen LogP contribution is 2.20. The van der Waals surface area contributed by atoms with Gasteiger partial charge in [-0.2, -0.15) is 0 Å². The fourth-order valence-electron chi connectivity index (χ4n) is 1.43. The van der Waals surface area contributed by atoms with E-state index in [0.29, 0.717) is 18.1 Å². The number of rotatable bonds is 4. The van der Waals surface area contributed by atoms with Gasteiger partial charge in [0.1, 0.15) is 11.5 Å². The summed E-state index contributed by atoms with van der Waals surface area (Å²) in [7, 11) is 0. The molecule has 0 aliphatic carbocycles. The molecule has 2 aromatic heterocycles. The van der Waals surface area contributed by atoms with Crippen molar-refractivity contribution >= 4 is 12.0 Å². The number of carbonyl (C=O) groups excluding carboxylic acids is 1. The second kappa shape index (κ2) is 5.82. The number of esters is 1. The van der Waals surface area contributed by atoms with Crippen molar-refractivity contribution in [3.05, 3.63) is 48.4 Å². The van der Waals surface area contributed by atoms with Gasteiger partial charge in [0.25, 0.3) is 0 Å². The van der Waals surface area contributed by atoms with Crippen LogP contribution in [0.15, 0.2) is 47.0 Å². The van der Waals surface area contributed by atoms with E-state index in [0.717, 1.165) is 5.69 Å². The summed E-state index contributed by atoms with van der Waals surface area (Å²) < 4.78 is 10.3. The van der Waals surface area contributed by atoms with Crippen LogP contribution in [0.25, 0.3) is 17.5 Å². The maximum atomic E-state index is 11.1. The Kier molecular flexibility index (Phi) is 3.91. The third-order valence-electron chi connectivity index (χ3n) is 2.21. The molecule has 0 fully saturated rings. The second-order valence-corrected chi connectivity index (χ2v) is 3.50. The molecule has 0 unspecified atom stereocenters. The highest BCUT2D eigenvalue weighted by atomic mass is 16.5. The molecule has 0 N–H and O–H groups in total. The van der Waals surface area contributed by atoms with Gasteiger partial charge in [-0.1, -0.05) is 6.07 Å². The van der Waals surface area contributed by atoms with Gasteiger partial charge in [-0.05, 0) is 37.3 Å². The lowest BCUT2D eigenvalue weighted by atomic mass is 10.3. The molecule has 2 rings (SSSR count). The van der Waals surface area contributed by atoms with Gasteiger partial charge in [0.2, 0.25) is 0 Å². The molecule has 92 valence electrons. The number of furan rings is 1. The summed E-state index contributed by atoms with van der Waals surface area (Å²) in [5, 5.41) is 0. The van der Waals surface area contributed by atoms with Crippen LogP contribution in [0.2, 0.25) is 0 Å². The van der Waals surface area contributed by atoms with Crippen molar-refractivity contribution in [1.82, 2.24) is 4.98 Å². The zero-order valence-corrected chi connectivity index (χ0v) is 10.00. The van der Waals surface area contributed by atoms with Crippen molar-refractivity contribution in [2.24, 2.45) is 0 Å². The molecule has 0 aromatic carbocycles. The first kappa shape index (κ1) is 12.1. The Morgan fingerprint density at radius 3 is 3.00 bits per heavy atom. The summed E-state index contributed by atoms with van der Waals surface area (Å²) in [6.45, 7) is 2.12. The molecule has 0 saturated heterocycles. The van der Waals surface area contributed by atoms with Crippen molar-refractivity contribution in [2.75, 3.05) is 6.61 Å². The summed E-state index contributed by atoms with van der Waals surface area (Å²) in [6.07, 6.45) is 4.61. The molecule has 0 atom stereocenters. The molecule has 0 amide bonds. The average Bonchev–Trinajstić information content (AvgIpc) is 2.87. The zero-order chi connectivity index (χ0) is 12.8. The van der Waals surface area contributed by atoms with Gasteiger partial charge in [-0.15, -0.1) is 0 Å². The Labute approximate surface area is 105 Å². The van der Waals surface area contributed by atoms with Gasteiger partial charge in [0.05, 0.1) is 6.61 Å². The van der Waals surface area contributed by atoms with Crippen LogP contribution in [0.3, 0.4) is 0 Å². The molecule has 0 saturated carbocycles. The predicted octanol–water partition coefficient (Wildman–Crippen LogP) is 2.92.